The van der Waals surface area contributed by atoms with E-state index in [1.54, 1.807) is 9.47 Å². The molecule has 0 bridgehead atoms. The average molecular weight is 380 g/mol. The zero-order valence-electron chi connectivity index (χ0n) is 15.6. The molecule has 2 aromatic carbocycles. The first-order valence-electron chi connectivity index (χ1n) is 9.38. The summed E-state index contributed by atoms with van der Waals surface area (Å²) in [5, 5.41) is 0. The van der Waals surface area contributed by atoms with Gasteiger partial charge in [0.15, 0.2) is 5.82 Å². The number of rotatable bonds is 3. The third-order valence-corrected chi connectivity index (χ3v) is 5.11. The normalized spacial score (nSPS) is 14.5. The van der Waals surface area contributed by atoms with Crippen molar-refractivity contribution < 1.29 is 9.18 Å². The summed E-state index contributed by atoms with van der Waals surface area (Å²) >= 11 is 0. The number of anilines is 1. The first-order chi connectivity index (χ1) is 13.6. The molecule has 2 heterocycles. The number of halogens is 1. The highest BCUT2D eigenvalue weighted by Crippen LogP contribution is 2.17. The molecule has 4 rings (SSSR count). The van der Waals surface area contributed by atoms with Gasteiger partial charge in [-0.15, -0.1) is 0 Å². The lowest BCUT2D eigenvalue weighted by molar-refractivity contribution is 0.0746. The third-order valence-electron chi connectivity index (χ3n) is 5.11. The second-order valence-corrected chi connectivity index (χ2v) is 6.76. The minimum absolute atomic E-state index is 0.112. The van der Waals surface area contributed by atoms with E-state index in [0.29, 0.717) is 44.1 Å². The van der Waals surface area contributed by atoms with E-state index >= 15 is 0 Å². The topological polar surface area (TPSA) is 58.4 Å². The number of aryl methyl sites for hydroxylation is 1. The van der Waals surface area contributed by atoms with E-state index in [4.69, 9.17) is 0 Å². The van der Waals surface area contributed by atoms with Gasteiger partial charge in [0, 0.05) is 38.3 Å². The molecule has 6 nitrogen and oxygen atoms in total. The molecule has 0 spiro atoms. The van der Waals surface area contributed by atoms with Crippen LogP contribution >= 0.6 is 0 Å². The highest BCUT2D eigenvalue weighted by atomic mass is 19.1. The van der Waals surface area contributed by atoms with E-state index in [9.17, 15) is 14.0 Å². The van der Waals surface area contributed by atoms with Gasteiger partial charge < -0.3 is 14.4 Å². The van der Waals surface area contributed by atoms with Crippen molar-refractivity contribution in [3.05, 3.63) is 70.3 Å². The van der Waals surface area contributed by atoms with E-state index in [1.165, 1.54) is 24.3 Å². The lowest BCUT2D eigenvalue weighted by Crippen LogP contribution is -2.50. The molecule has 1 aliphatic rings. The molecule has 3 aromatic rings. The maximum absolute atomic E-state index is 13.1. The van der Waals surface area contributed by atoms with Crippen LogP contribution in [0.3, 0.4) is 0 Å². The maximum atomic E-state index is 13.1. The summed E-state index contributed by atoms with van der Waals surface area (Å²) in [6.45, 7) is 4.52. The van der Waals surface area contributed by atoms with Crippen LogP contribution in [0.2, 0.25) is 0 Å². The Morgan fingerprint density at radius 2 is 1.71 bits per heavy atom. The van der Waals surface area contributed by atoms with Gasteiger partial charge >= 0.3 is 0 Å². The van der Waals surface area contributed by atoms with Crippen LogP contribution in [0.15, 0.2) is 53.3 Å². The number of para-hydroxylation sites is 2. The van der Waals surface area contributed by atoms with Crippen molar-refractivity contribution in [1.29, 1.82) is 0 Å². The SMILES string of the molecule is CCn1c(=O)c(N2CCN(C(=O)c3ccc(F)cc3)CC2)nc2ccccc21. The summed E-state index contributed by atoms with van der Waals surface area (Å²) in [5.74, 6) is -0.0672. The average Bonchev–Trinajstić information content (AvgIpc) is 2.73. The number of aromatic nitrogens is 2. The van der Waals surface area contributed by atoms with Gasteiger partial charge in [0.1, 0.15) is 5.82 Å². The van der Waals surface area contributed by atoms with E-state index < -0.39 is 0 Å². The van der Waals surface area contributed by atoms with Crippen molar-refractivity contribution in [2.24, 2.45) is 0 Å². The largest absolute Gasteiger partial charge is 0.348 e. The van der Waals surface area contributed by atoms with Crippen LogP contribution in [-0.4, -0.2) is 46.5 Å². The molecule has 7 heteroatoms. The molecule has 1 aromatic heterocycles. The van der Waals surface area contributed by atoms with Crippen molar-refractivity contribution >= 4 is 22.8 Å². The van der Waals surface area contributed by atoms with Gasteiger partial charge in [0.2, 0.25) is 0 Å². The van der Waals surface area contributed by atoms with Crippen molar-refractivity contribution in [3.8, 4) is 0 Å². The highest BCUT2D eigenvalue weighted by Gasteiger charge is 2.25. The fourth-order valence-corrected chi connectivity index (χ4v) is 3.60. The molecule has 0 N–H and O–H groups in total. The predicted molar refractivity (Wildman–Crippen MR) is 106 cm³/mol. The Labute approximate surface area is 161 Å². The van der Waals surface area contributed by atoms with Crippen LogP contribution in [0.1, 0.15) is 17.3 Å². The van der Waals surface area contributed by atoms with Crippen LogP contribution in [0, 0.1) is 5.82 Å². The number of benzene rings is 2. The Morgan fingerprint density at radius 3 is 2.39 bits per heavy atom. The zero-order chi connectivity index (χ0) is 19.7. The molecule has 0 saturated carbocycles. The van der Waals surface area contributed by atoms with Gasteiger partial charge in [-0.05, 0) is 43.3 Å². The number of hydrogen-bond acceptors (Lipinski definition) is 4. The molecule has 144 valence electrons. The van der Waals surface area contributed by atoms with Crippen molar-refractivity contribution in [2.45, 2.75) is 13.5 Å². The van der Waals surface area contributed by atoms with Crippen LogP contribution < -0.4 is 10.5 Å². The standard InChI is InChI=1S/C21H21FN4O2/c1-2-26-18-6-4-3-5-17(18)23-19(21(26)28)24-11-13-25(14-12-24)20(27)15-7-9-16(22)10-8-15/h3-10H,2,11-14H2,1H3. The Kier molecular flexibility index (Phi) is 4.81. The number of fused-ring (bicyclic) bond motifs is 1. The van der Waals surface area contributed by atoms with Gasteiger partial charge in [-0.1, -0.05) is 12.1 Å². The van der Waals surface area contributed by atoms with E-state index in [2.05, 4.69) is 4.98 Å². The fraction of sp³-hybridized carbons (Fsp3) is 0.286. The quantitative estimate of drug-likeness (QED) is 0.701. The lowest BCUT2D eigenvalue weighted by Gasteiger charge is -2.35. The summed E-state index contributed by atoms with van der Waals surface area (Å²) in [6.07, 6.45) is 0. The highest BCUT2D eigenvalue weighted by molar-refractivity contribution is 5.94. The second kappa shape index (κ2) is 7.42. The number of carbonyl (C=O) groups excluding carboxylic acids is 1. The Hall–Kier alpha value is -3.22. The van der Waals surface area contributed by atoms with Crippen molar-refractivity contribution in [2.75, 3.05) is 31.1 Å². The predicted octanol–water partition coefficient (Wildman–Crippen LogP) is 2.52. The van der Waals surface area contributed by atoms with E-state index in [1.807, 2.05) is 36.1 Å². The molecule has 1 aliphatic heterocycles. The smallest absolute Gasteiger partial charge is 0.293 e. The Balaban J connectivity index is 1.55. The van der Waals surface area contributed by atoms with E-state index in [0.717, 1.165) is 11.0 Å². The molecule has 1 amide bonds. The summed E-state index contributed by atoms with van der Waals surface area (Å²) in [5.41, 5.74) is 1.96. The fourth-order valence-electron chi connectivity index (χ4n) is 3.60. The molecular weight excluding hydrogens is 359 g/mol. The van der Waals surface area contributed by atoms with E-state index in [-0.39, 0.29) is 17.3 Å². The van der Waals surface area contributed by atoms with Crippen LogP contribution in [0.4, 0.5) is 10.2 Å². The first-order valence-corrected chi connectivity index (χ1v) is 9.38. The number of amides is 1. The maximum Gasteiger partial charge on any atom is 0.293 e. The summed E-state index contributed by atoms with van der Waals surface area (Å²) in [4.78, 5) is 33.8. The summed E-state index contributed by atoms with van der Waals surface area (Å²) < 4.78 is 14.8. The van der Waals surface area contributed by atoms with Gasteiger partial charge in [-0.3, -0.25) is 9.59 Å². The van der Waals surface area contributed by atoms with Gasteiger partial charge in [0.05, 0.1) is 11.0 Å². The minimum Gasteiger partial charge on any atom is -0.348 e. The molecule has 0 aliphatic carbocycles. The van der Waals surface area contributed by atoms with Crippen molar-refractivity contribution in [3.63, 3.8) is 0 Å². The van der Waals surface area contributed by atoms with Crippen LogP contribution in [-0.2, 0) is 6.54 Å². The lowest BCUT2D eigenvalue weighted by atomic mass is 10.2. The molecule has 0 radical (unpaired) electrons. The summed E-state index contributed by atoms with van der Waals surface area (Å²) in [7, 11) is 0. The number of nitrogens with zero attached hydrogens (tertiary/aromatic N) is 4. The Bertz CT molecular complexity index is 1070. The van der Waals surface area contributed by atoms with Gasteiger partial charge in [-0.25, -0.2) is 9.37 Å². The minimum atomic E-state index is -0.365. The Morgan fingerprint density at radius 1 is 1.04 bits per heavy atom. The zero-order valence-corrected chi connectivity index (χ0v) is 15.6. The monoisotopic (exact) mass is 380 g/mol. The number of hydrogen-bond donors (Lipinski definition) is 0. The van der Waals surface area contributed by atoms with Crippen LogP contribution in [0.5, 0.6) is 0 Å². The number of carbonyl (C=O) groups is 1. The van der Waals surface area contributed by atoms with Gasteiger partial charge in [0.25, 0.3) is 11.5 Å². The van der Waals surface area contributed by atoms with Crippen LogP contribution in [0.25, 0.3) is 11.0 Å². The molecule has 1 saturated heterocycles. The first kappa shape index (κ1) is 18.2. The molecule has 28 heavy (non-hydrogen) atoms. The molecule has 0 atom stereocenters. The van der Waals surface area contributed by atoms with Crippen molar-refractivity contribution in [1.82, 2.24) is 14.5 Å². The third kappa shape index (κ3) is 3.24. The number of piperazine rings is 1. The van der Waals surface area contributed by atoms with Gasteiger partial charge in [-0.2, -0.15) is 0 Å². The second-order valence-electron chi connectivity index (χ2n) is 6.76. The summed E-state index contributed by atoms with van der Waals surface area (Å²) in [6, 6.07) is 13.2. The molecule has 1 fully saturated rings. The molecular formula is C21H21FN4O2. The molecule has 0 unspecified atom stereocenters.